The number of rotatable bonds is 6. The third-order valence-corrected chi connectivity index (χ3v) is 21.3. The molecule has 0 saturated heterocycles. The number of hydrogen-bond acceptors (Lipinski definition) is 3. The summed E-state index contributed by atoms with van der Waals surface area (Å²) in [5.74, 6) is 0. The van der Waals surface area contributed by atoms with E-state index in [4.69, 9.17) is 40.7 Å². The standard InChI is InChI=1S/3C36H22O.CH3B.B2/c1-2-12-25-23(10-1)11-9-18-27(25)36-30-16-5-3-14-28(30)35(29-15-4-6-17-31(29)36)24-20-21-34-32(22-24)26-13-7-8-19-33(26)37-34;2*1-2-10-24-21-25(18-17-23(24)9-1)35-28-12-3-5-14-30(28)36(31-15-6-4-13-29(31)35)26-19-20-34-32(22-26)27-11-7-8-16-33(27)37-34;2*1-2/h3*1-22H;1H3;/i3D,4D,5D,6D,14D,15D,16D,17D;2*3D,4D,5D,6D,12D,13D,14D,15D;;. The zero-order chi connectivity index (χ0) is 97.9. The van der Waals surface area contributed by atoms with Gasteiger partial charge in [-0.15, -0.1) is 0 Å². The van der Waals surface area contributed by atoms with E-state index < -0.39 is 72.5 Å². The van der Waals surface area contributed by atoms with Crippen molar-refractivity contribution in [2.75, 3.05) is 0 Å². The summed E-state index contributed by atoms with van der Waals surface area (Å²) in [6.07, 6.45) is 0. The van der Waals surface area contributed by atoms with Gasteiger partial charge in [-0.3, -0.25) is 0 Å². The summed E-state index contributed by atoms with van der Waals surface area (Å²) >= 11 is 0. The molecule has 6 heteroatoms. The highest BCUT2D eigenvalue weighted by molar-refractivity contribution is 6.75. The lowest BCUT2D eigenvalue weighted by atomic mass is 9.81. The molecule has 3 nitrogen and oxygen atoms in total. The molecule has 21 aromatic carbocycles. The second-order valence-corrected chi connectivity index (χ2v) is 27.3. The summed E-state index contributed by atoms with van der Waals surface area (Å²) in [4.78, 5) is 0. The van der Waals surface area contributed by atoms with E-state index in [2.05, 4.69) is 23.3 Å². The van der Waals surface area contributed by atoms with Crippen molar-refractivity contribution in [3.8, 4) is 66.8 Å². The highest BCUT2D eigenvalue weighted by atomic mass is 16.3. The van der Waals surface area contributed by atoms with Crippen molar-refractivity contribution in [3.63, 3.8) is 0 Å². The van der Waals surface area contributed by atoms with E-state index in [0.717, 1.165) is 64.6 Å². The Bertz CT molecular complexity index is 8870. The predicted molar refractivity (Wildman–Crippen MR) is 494 cm³/mol. The minimum Gasteiger partial charge on any atom is -0.456 e. The lowest BCUT2D eigenvalue weighted by Crippen LogP contribution is -1.91. The Hall–Kier alpha value is -14.4. The van der Waals surface area contributed by atoms with Crippen molar-refractivity contribution in [1.29, 1.82) is 0 Å². The Morgan fingerprint density at radius 2 is 0.409 bits per heavy atom. The minimum absolute atomic E-state index is 0.189. The average molecular weight is 1480 g/mol. The van der Waals surface area contributed by atoms with Gasteiger partial charge in [0, 0.05) is 47.8 Å². The molecular formula is C109H69B3O3. The van der Waals surface area contributed by atoms with Crippen molar-refractivity contribution in [2.24, 2.45) is 0 Å². The fourth-order valence-corrected chi connectivity index (χ4v) is 16.4. The van der Waals surface area contributed by atoms with Crippen LogP contribution in [-0.4, -0.2) is 23.3 Å². The SMILES string of the molecule is [2H]c1c([2H])c([2H])c2c(-c3ccc4oc5ccccc5c4c3)c3c([2H])c([2H])c([2H])c([2H])c3c(-c3ccc4ccccc4c3)c2c1[2H].[2H]c1c([2H])c([2H])c2c(-c3ccc4oc5ccccc5c4c3)c3c([2H])c([2H])c([2H])c([2H])c3c(-c3ccc4ccccc4c3)c2c1[2H].[2H]c1c([2H])c([2H])c2c(-c3cccc4ccccc34)c3c([2H])c([2H])c([2H])c([2H])c3c(-c3ccc4oc5ccccc5c4c3)c2c1[2H].[B]C.[B][B]. The molecule has 532 valence electrons. The van der Waals surface area contributed by atoms with Crippen LogP contribution in [0.4, 0.5) is 0 Å². The normalized spacial score (nSPS) is 14.4. The smallest absolute Gasteiger partial charge is 0.135 e. The summed E-state index contributed by atoms with van der Waals surface area (Å²) in [5.41, 5.74) is 9.34. The second-order valence-electron chi connectivity index (χ2n) is 27.3. The maximum Gasteiger partial charge on any atom is 0.135 e. The predicted octanol–water partition coefficient (Wildman–Crippen LogP) is 30.6. The second kappa shape index (κ2) is 29.7. The number of furan rings is 3. The largest absolute Gasteiger partial charge is 0.456 e. The van der Waals surface area contributed by atoms with Crippen LogP contribution in [0.5, 0.6) is 0 Å². The van der Waals surface area contributed by atoms with Gasteiger partial charge in [0.1, 0.15) is 33.5 Å². The highest BCUT2D eigenvalue weighted by Gasteiger charge is 2.23. The summed E-state index contributed by atoms with van der Waals surface area (Å²) in [7, 11) is 12.5. The fraction of sp³-hybridized carbons (Fsp3) is 0.00917. The Balaban J connectivity index is 0.000000126. The molecule has 3 aromatic heterocycles. The van der Waals surface area contributed by atoms with Gasteiger partial charge in [0.25, 0.3) is 0 Å². The van der Waals surface area contributed by atoms with E-state index in [1.807, 2.05) is 218 Å². The fourth-order valence-electron chi connectivity index (χ4n) is 16.4. The van der Waals surface area contributed by atoms with Gasteiger partial charge < -0.3 is 13.3 Å². The van der Waals surface area contributed by atoms with E-state index in [1.54, 1.807) is 36.4 Å². The van der Waals surface area contributed by atoms with E-state index >= 15 is 0 Å². The number of fused-ring (bicyclic) bond motifs is 18. The quantitative estimate of drug-likeness (QED) is 0.123. The van der Waals surface area contributed by atoms with Crippen LogP contribution >= 0.6 is 0 Å². The molecule has 0 N–H and O–H groups in total. The van der Waals surface area contributed by atoms with E-state index in [9.17, 15) is 5.48 Å². The molecule has 24 aromatic rings. The van der Waals surface area contributed by atoms with Gasteiger partial charge >= 0.3 is 0 Å². The molecule has 0 atom stereocenters. The summed E-state index contributed by atoms with van der Waals surface area (Å²) in [6, 6.07) is 70.6. The van der Waals surface area contributed by atoms with Crippen molar-refractivity contribution >= 4 is 186 Å². The van der Waals surface area contributed by atoms with Crippen molar-refractivity contribution < 1.29 is 46.1 Å². The third kappa shape index (κ3) is 12.0. The minimum atomic E-state index is -0.423. The average Bonchev–Trinajstić information content (AvgIpc) is 0.727. The monoisotopic (exact) mass is 1480 g/mol. The Morgan fingerprint density at radius 3 is 0.722 bits per heavy atom. The van der Waals surface area contributed by atoms with Gasteiger partial charge in [-0.25, -0.2) is 0 Å². The van der Waals surface area contributed by atoms with Gasteiger partial charge in [-0.05, 0) is 230 Å². The van der Waals surface area contributed by atoms with E-state index in [-0.39, 0.29) is 137 Å². The van der Waals surface area contributed by atoms with Crippen molar-refractivity contribution in [3.05, 3.63) is 400 Å². The Morgan fingerprint density at radius 1 is 0.183 bits per heavy atom. The van der Waals surface area contributed by atoms with Gasteiger partial charge in [0.2, 0.25) is 0 Å². The van der Waals surface area contributed by atoms with Gasteiger partial charge in [-0.2, -0.15) is 0 Å². The van der Waals surface area contributed by atoms with Crippen LogP contribution in [0.1, 0.15) is 32.9 Å². The topological polar surface area (TPSA) is 39.4 Å². The third-order valence-electron chi connectivity index (χ3n) is 21.3. The first-order valence-electron chi connectivity index (χ1n) is 49.0. The Labute approximate surface area is 702 Å². The van der Waals surface area contributed by atoms with Gasteiger partial charge in [-0.1, -0.05) is 340 Å². The lowest BCUT2D eigenvalue weighted by molar-refractivity contribution is 0.668. The van der Waals surface area contributed by atoms with Crippen LogP contribution in [-0.2, 0) is 0 Å². The molecule has 0 spiro atoms. The molecule has 6 radical (unpaired) electrons. The summed E-state index contributed by atoms with van der Waals surface area (Å²) in [6.45, 7) is 1.50. The molecule has 3 heterocycles. The number of benzene rings is 21. The first-order chi connectivity index (χ1) is 67.0. The zero-order valence-corrected chi connectivity index (χ0v) is 61.2. The van der Waals surface area contributed by atoms with Crippen LogP contribution in [0.3, 0.4) is 0 Å². The molecule has 0 aliphatic carbocycles. The van der Waals surface area contributed by atoms with Crippen LogP contribution < -0.4 is 0 Å². The zero-order valence-electron chi connectivity index (χ0n) is 85.2. The van der Waals surface area contributed by atoms with Gasteiger partial charge in [0.15, 0.2) is 0 Å². The molecule has 24 rings (SSSR count). The number of hydrogen-bond donors (Lipinski definition) is 0. The Kier molecular flexibility index (Phi) is 12.5. The first kappa shape index (κ1) is 48.4. The highest BCUT2D eigenvalue weighted by Crippen LogP contribution is 2.50. The van der Waals surface area contributed by atoms with Crippen molar-refractivity contribution in [2.45, 2.75) is 6.82 Å². The molecular weight excluding hydrogens is 1390 g/mol. The van der Waals surface area contributed by atoms with Crippen molar-refractivity contribution in [1.82, 2.24) is 0 Å². The molecule has 0 aliphatic heterocycles. The van der Waals surface area contributed by atoms with Crippen LogP contribution in [0.15, 0.2) is 413 Å². The molecule has 115 heavy (non-hydrogen) atoms. The summed E-state index contributed by atoms with van der Waals surface area (Å²) < 4.78 is 232. The molecule has 0 fully saturated rings. The molecule has 0 bridgehead atoms. The lowest BCUT2D eigenvalue weighted by Gasteiger charge is -2.18. The van der Waals surface area contributed by atoms with Crippen LogP contribution in [0, 0.1) is 0 Å². The van der Waals surface area contributed by atoms with E-state index in [0.29, 0.717) is 100 Å². The van der Waals surface area contributed by atoms with Gasteiger partial charge in [0.05, 0.1) is 40.7 Å². The maximum absolute atomic E-state index is 9.20. The molecule has 0 saturated carbocycles. The molecule has 0 amide bonds. The summed E-state index contributed by atoms with van der Waals surface area (Å²) in [5, 5.41) is 12.6. The maximum atomic E-state index is 9.20. The van der Waals surface area contributed by atoms with Crippen LogP contribution in [0.25, 0.3) is 230 Å². The number of para-hydroxylation sites is 3. The first-order valence-corrected chi connectivity index (χ1v) is 37.0. The molecule has 0 unspecified atom stereocenters. The van der Waals surface area contributed by atoms with E-state index in [1.165, 1.54) is 6.82 Å². The van der Waals surface area contributed by atoms with Crippen LogP contribution in [0.2, 0.25) is 6.82 Å². The molecule has 0 aliphatic rings.